The summed E-state index contributed by atoms with van der Waals surface area (Å²) in [5.41, 5.74) is 0. The van der Waals surface area contributed by atoms with Crippen molar-refractivity contribution in [2.75, 3.05) is 5.32 Å². The molecule has 0 aliphatic heterocycles. The number of anilines is 1. The second-order valence-electron chi connectivity index (χ2n) is 2.42. The van der Waals surface area contributed by atoms with Crippen LogP contribution in [0.4, 0.5) is 5.82 Å². The van der Waals surface area contributed by atoms with E-state index in [-0.39, 0.29) is 12.4 Å². The number of nitrogens with one attached hydrogen (secondary N) is 1. The van der Waals surface area contributed by atoms with Gasteiger partial charge in [-0.3, -0.25) is 4.79 Å². The van der Waals surface area contributed by atoms with Gasteiger partial charge in [-0.1, -0.05) is 6.07 Å². The molecule has 0 aliphatic rings. The molecule has 1 aromatic rings. The predicted octanol–water partition coefficient (Wildman–Crippen LogP) is 1.39. The van der Waals surface area contributed by atoms with E-state index in [0.29, 0.717) is 5.82 Å². The lowest BCUT2D eigenvalue weighted by Gasteiger charge is -2.08. The molecule has 13 heavy (non-hydrogen) atoms. The molecule has 1 aromatic heterocycles. The molecule has 0 fully saturated rings. The standard InChI is InChI=1S/C8H10N2O2.ClH/c1-6(8(11)12)10-7-4-2-3-5-9-7;/h2-6H,1H3,(H,9,10)(H,11,12);1H/t6-;/m0./s1. The van der Waals surface area contributed by atoms with Crippen molar-refractivity contribution in [1.82, 2.24) is 4.98 Å². The second kappa shape index (κ2) is 5.37. The number of carbonyl (C=O) groups is 1. The van der Waals surface area contributed by atoms with Crippen LogP contribution < -0.4 is 5.32 Å². The molecule has 0 aromatic carbocycles. The van der Waals surface area contributed by atoms with Gasteiger partial charge in [-0.25, -0.2) is 4.98 Å². The minimum Gasteiger partial charge on any atom is -0.480 e. The summed E-state index contributed by atoms with van der Waals surface area (Å²) in [5.74, 6) is -0.312. The van der Waals surface area contributed by atoms with Gasteiger partial charge in [0, 0.05) is 6.20 Å². The molecule has 2 N–H and O–H groups in total. The van der Waals surface area contributed by atoms with E-state index in [1.54, 1.807) is 31.3 Å². The number of carboxylic acids is 1. The maximum atomic E-state index is 10.4. The molecule has 0 unspecified atom stereocenters. The quantitative estimate of drug-likeness (QED) is 0.778. The Labute approximate surface area is 82.4 Å². The Morgan fingerprint density at radius 3 is 2.77 bits per heavy atom. The molecular formula is C8H11ClN2O2. The van der Waals surface area contributed by atoms with E-state index < -0.39 is 12.0 Å². The van der Waals surface area contributed by atoms with E-state index >= 15 is 0 Å². The summed E-state index contributed by atoms with van der Waals surface area (Å²) in [4.78, 5) is 14.3. The summed E-state index contributed by atoms with van der Waals surface area (Å²) in [5, 5.41) is 11.3. The van der Waals surface area contributed by atoms with Crippen LogP contribution >= 0.6 is 12.4 Å². The molecular weight excluding hydrogens is 192 g/mol. The maximum absolute atomic E-state index is 10.4. The number of nitrogens with zero attached hydrogens (tertiary/aromatic N) is 1. The zero-order chi connectivity index (χ0) is 8.97. The van der Waals surface area contributed by atoms with Gasteiger partial charge in [0.25, 0.3) is 0 Å². The summed E-state index contributed by atoms with van der Waals surface area (Å²) in [6, 6.07) is 4.68. The van der Waals surface area contributed by atoms with Crippen molar-refractivity contribution in [3.05, 3.63) is 24.4 Å². The van der Waals surface area contributed by atoms with Crippen LogP contribution in [0, 0.1) is 0 Å². The van der Waals surface area contributed by atoms with Crippen molar-refractivity contribution in [3.8, 4) is 0 Å². The third kappa shape index (κ3) is 3.75. The van der Waals surface area contributed by atoms with Crippen molar-refractivity contribution in [3.63, 3.8) is 0 Å². The third-order valence-electron chi connectivity index (χ3n) is 1.40. The number of aliphatic carboxylic acids is 1. The van der Waals surface area contributed by atoms with Gasteiger partial charge in [0.05, 0.1) is 0 Å². The lowest BCUT2D eigenvalue weighted by atomic mass is 10.3. The van der Waals surface area contributed by atoms with Crippen LogP contribution in [0.3, 0.4) is 0 Å². The highest BCUT2D eigenvalue weighted by molar-refractivity contribution is 5.85. The first kappa shape index (κ1) is 11.7. The molecule has 0 saturated carbocycles. The number of hydrogen-bond acceptors (Lipinski definition) is 3. The number of pyridine rings is 1. The van der Waals surface area contributed by atoms with Crippen LogP contribution in [0.5, 0.6) is 0 Å². The molecule has 1 heterocycles. The Morgan fingerprint density at radius 2 is 2.31 bits per heavy atom. The van der Waals surface area contributed by atoms with Gasteiger partial charge in [0.2, 0.25) is 0 Å². The molecule has 0 radical (unpaired) electrons. The monoisotopic (exact) mass is 202 g/mol. The SMILES string of the molecule is C[C@H](Nc1ccccn1)C(=O)O.Cl. The van der Waals surface area contributed by atoms with Gasteiger partial charge in [-0.15, -0.1) is 12.4 Å². The number of hydrogen-bond donors (Lipinski definition) is 2. The largest absolute Gasteiger partial charge is 0.480 e. The zero-order valence-corrected chi connectivity index (χ0v) is 7.91. The fourth-order valence-electron chi connectivity index (χ4n) is 0.732. The van der Waals surface area contributed by atoms with Gasteiger partial charge in [-0.05, 0) is 19.1 Å². The molecule has 0 bridgehead atoms. The topological polar surface area (TPSA) is 62.2 Å². The van der Waals surface area contributed by atoms with E-state index in [4.69, 9.17) is 5.11 Å². The molecule has 0 saturated heterocycles. The Morgan fingerprint density at radius 1 is 1.62 bits per heavy atom. The van der Waals surface area contributed by atoms with Gasteiger partial charge in [-0.2, -0.15) is 0 Å². The van der Waals surface area contributed by atoms with Crippen LogP contribution in [0.15, 0.2) is 24.4 Å². The highest BCUT2D eigenvalue weighted by Gasteiger charge is 2.09. The highest BCUT2D eigenvalue weighted by Crippen LogP contribution is 2.01. The third-order valence-corrected chi connectivity index (χ3v) is 1.40. The summed E-state index contributed by atoms with van der Waals surface area (Å²) < 4.78 is 0. The molecule has 1 atom stereocenters. The highest BCUT2D eigenvalue weighted by atomic mass is 35.5. The number of carboxylic acid groups (broad SMARTS) is 1. The molecule has 1 rings (SSSR count). The van der Waals surface area contributed by atoms with Gasteiger partial charge < -0.3 is 10.4 Å². The van der Waals surface area contributed by atoms with Gasteiger partial charge >= 0.3 is 5.97 Å². The summed E-state index contributed by atoms with van der Waals surface area (Å²) in [7, 11) is 0. The van der Waals surface area contributed by atoms with Crippen molar-refractivity contribution in [2.45, 2.75) is 13.0 Å². The predicted molar refractivity (Wildman–Crippen MR) is 52.2 cm³/mol. The summed E-state index contributed by atoms with van der Waals surface area (Å²) in [6.45, 7) is 1.57. The summed E-state index contributed by atoms with van der Waals surface area (Å²) >= 11 is 0. The molecule has 72 valence electrons. The van der Waals surface area contributed by atoms with Gasteiger partial charge in [0.1, 0.15) is 11.9 Å². The van der Waals surface area contributed by atoms with Crippen molar-refractivity contribution in [2.24, 2.45) is 0 Å². The van der Waals surface area contributed by atoms with Crippen LogP contribution in [0.25, 0.3) is 0 Å². The van der Waals surface area contributed by atoms with Crippen LogP contribution in [0.2, 0.25) is 0 Å². The molecule has 4 nitrogen and oxygen atoms in total. The van der Waals surface area contributed by atoms with Crippen molar-refractivity contribution < 1.29 is 9.90 Å². The minimum atomic E-state index is -0.888. The van der Waals surface area contributed by atoms with Crippen molar-refractivity contribution in [1.29, 1.82) is 0 Å². The molecule has 0 spiro atoms. The van der Waals surface area contributed by atoms with Gasteiger partial charge in [0.15, 0.2) is 0 Å². The lowest BCUT2D eigenvalue weighted by Crippen LogP contribution is -2.25. The summed E-state index contributed by atoms with van der Waals surface area (Å²) in [6.07, 6.45) is 1.61. The van der Waals surface area contributed by atoms with Crippen LogP contribution in [-0.2, 0) is 4.79 Å². The molecule has 0 amide bonds. The first-order valence-electron chi connectivity index (χ1n) is 3.60. The number of halogens is 1. The average Bonchev–Trinajstić information content (AvgIpc) is 2.06. The Hall–Kier alpha value is -1.29. The minimum absolute atomic E-state index is 0. The Kier molecular flexibility index (Phi) is 4.84. The smallest absolute Gasteiger partial charge is 0.325 e. The van der Waals surface area contributed by atoms with E-state index in [9.17, 15) is 4.79 Å². The van der Waals surface area contributed by atoms with E-state index in [0.717, 1.165) is 0 Å². The van der Waals surface area contributed by atoms with Crippen molar-refractivity contribution >= 4 is 24.2 Å². The Bertz CT molecular complexity index is 266. The second-order valence-corrected chi connectivity index (χ2v) is 2.42. The number of aromatic nitrogens is 1. The fourth-order valence-corrected chi connectivity index (χ4v) is 0.732. The first-order chi connectivity index (χ1) is 5.70. The van der Waals surface area contributed by atoms with E-state index in [1.165, 1.54) is 0 Å². The first-order valence-corrected chi connectivity index (χ1v) is 3.60. The average molecular weight is 203 g/mol. The normalized spacial score (nSPS) is 11.2. The fraction of sp³-hybridized carbons (Fsp3) is 0.250. The molecule has 0 aliphatic carbocycles. The zero-order valence-electron chi connectivity index (χ0n) is 7.10. The van der Waals surface area contributed by atoms with E-state index in [2.05, 4.69) is 10.3 Å². The number of rotatable bonds is 3. The lowest BCUT2D eigenvalue weighted by molar-refractivity contribution is -0.137. The maximum Gasteiger partial charge on any atom is 0.325 e. The van der Waals surface area contributed by atoms with Crippen LogP contribution in [0.1, 0.15) is 6.92 Å². The van der Waals surface area contributed by atoms with Crippen LogP contribution in [-0.4, -0.2) is 22.1 Å². The molecule has 5 heteroatoms. The van der Waals surface area contributed by atoms with E-state index in [1.807, 2.05) is 0 Å². The Balaban J connectivity index is 0.00000144.